The molecule has 0 unspecified atom stereocenters. The summed E-state index contributed by atoms with van der Waals surface area (Å²) >= 11 is 0. The molecule has 10 nitrogen and oxygen atoms in total. The van der Waals surface area contributed by atoms with Gasteiger partial charge in [-0.2, -0.15) is 26.3 Å². The fourth-order valence-electron chi connectivity index (χ4n) is 4.20. The van der Waals surface area contributed by atoms with Crippen LogP contribution >= 0.6 is 0 Å². The molecule has 0 saturated carbocycles. The van der Waals surface area contributed by atoms with Gasteiger partial charge in [0.2, 0.25) is 0 Å². The summed E-state index contributed by atoms with van der Waals surface area (Å²) in [5.74, 6) is -5.13. The van der Waals surface area contributed by atoms with E-state index in [4.69, 9.17) is 24.8 Å². The largest absolute Gasteiger partial charge is 0.490 e. The Morgan fingerprint density at radius 2 is 1.45 bits per heavy atom. The van der Waals surface area contributed by atoms with Gasteiger partial charge in [-0.05, 0) is 31.0 Å². The first-order valence-electron chi connectivity index (χ1n) is 12.8. The summed E-state index contributed by atoms with van der Waals surface area (Å²) < 4.78 is 65.5. The first-order chi connectivity index (χ1) is 20.6. The number of carboxylic acids is 2. The molecule has 1 aromatic carbocycles. The lowest BCUT2D eigenvalue weighted by Gasteiger charge is -2.32. The van der Waals surface area contributed by atoms with E-state index in [-0.39, 0.29) is 5.91 Å². The van der Waals surface area contributed by atoms with Gasteiger partial charge in [-0.1, -0.05) is 30.3 Å². The summed E-state index contributed by atoms with van der Waals surface area (Å²) in [6.07, 6.45) is -3.20. The Bertz CT molecular complexity index is 1560. The van der Waals surface area contributed by atoms with E-state index in [0.29, 0.717) is 11.5 Å². The molecule has 2 N–H and O–H groups in total. The minimum atomic E-state index is -5.08. The van der Waals surface area contributed by atoms with Crippen molar-refractivity contribution in [2.75, 3.05) is 13.1 Å². The molecule has 234 valence electrons. The van der Waals surface area contributed by atoms with Gasteiger partial charge >= 0.3 is 24.3 Å². The van der Waals surface area contributed by atoms with E-state index in [9.17, 15) is 31.1 Å². The van der Waals surface area contributed by atoms with E-state index >= 15 is 0 Å². The van der Waals surface area contributed by atoms with Crippen molar-refractivity contribution in [2.45, 2.75) is 31.1 Å². The predicted octanol–water partition coefficient (Wildman–Crippen LogP) is 5.32. The fraction of sp³-hybridized carbons (Fsp3) is 0.286. The first kappa shape index (κ1) is 33.5. The van der Waals surface area contributed by atoms with E-state index in [2.05, 4.69) is 28.2 Å². The number of aliphatic carboxylic acids is 2. The highest BCUT2D eigenvalue weighted by Gasteiger charge is 2.39. The van der Waals surface area contributed by atoms with Crippen LogP contribution in [0.1, 0.15) is 34.8 Å². The van der Waals surface area contributed by atoms with Crippen LogP contribution in [0.3, 0.4) is 0 Å². The molecule has 1 fully saturated rings. The summed E-state index contributed by atoms with van der Waals surface area (Å²) in [5, 5.41) is 14.2. The van der Waals surface area contributed by atoms with Crippen LogP contribution in [0, 0.1) is 0 Å². The van der Waals surface area contributed by atoms with Crippen LogP contribution in [-0.4, -0.2) is 77.9 Å². The van der Waals surface area contributed by atoms with Crippen molar-refractivity contribution in [3.8, 4) is 11.3 Å². The third-order valence-electron chi connectivity index (χ3n) is 6.37. The summed E-state index contributed by atoms with van der Waals surface area (Å²) in [4.78, 5) is 46.1. The smallest absolute Gasteiger partial charge is 0.475 e. The van der Waals surface area contributed by atoms with Gasteiger partial charge in [0.1, 0.15) is 5.52 Å². The number of pyridine rings is 2. The molecule has 1 aliphatic rings. The molecule has 16 heteroatoms. The standard InChI is InChI=1S/C24H23N5O.2C2HF3O2/c1-28-16-26-23-21(28)14-20(27-22(23)18-6-3-2-4-7-18)17-9-12-29(13-10-17)24(30)19-8-5-11-25-15-19;2*3-2(4,5)1(6)7/h2-8,11,14-17H,9-10,12-13H2,1H3;2*(H,6,7). The van der Waals surface area contributed by atoms with Gasteiger partial charge < -0.3 is 19.7 Å². The monoisotopic (exact) mass is 625 g/mol. The molecule has 44 heavy (non-hydrogen) atoms. The lowest BCUT2D eigenvalue weighted by molar-refractivity contribution is -0.193. The lowest BCUT2D eigenvalue weighted by atomic mass is 9.92. The number of likely N-dealkylation sites (tertiary alicyclic amines) is 1. The van der Waals surface area contributed by atoms with Crippen molar-refractivity contribution < 1.29 is 50.9 Å². The molecule has 1 saturated heterocycles. The Balaban J connectivity index is 0.000000317. The number of aryl methyl sites for hydroxylation is 1. The van der Waals surface area contributed by atoms with Crippen LogP contribution in [-0.2, 0) is 16.6 Å². The van der Waals surface area contributed by atoms with Crippen molar-refractivity contribution in [3.05, 3.63) is 78.5 Å². The number of amides is 1. The minimum Gasteiger partial charge on any atom is -0.475 e. The Kier molecular flexibility index (Phi) is 10.6. The molecule has 3 aromatic heterocycles. The zero-order valence-electron chi connectivity index (χ0n) is 22.9. The van der Waals surface area contributed by atoms with Gasteiger partial charge in [-0.25, -0.2) is 14.6 Å². The summed E-state index contributed by atoms with van der Waals surface area (Å²) in [7, 11) is 2.02. The molecule has 0 aliphatic carbocycles. The second-order valence-electron chi connectivity index (χ2n) is 9.40. The second kappa shape index (κ2) is 14.0. The number of benzene rings is 1. The Morgan fingerprint density at radius 1 is 0.886 bits per heavy atom. The van der Waals surface area contributed by atoms with Crippen LogP contribution in [0.25, 0.3) is 22.3 Å². The molecule has 4 heterocycles. The van der Waals surface area contributed by atoms with E-state index in [1.165, 1.54) is 0 Å². The molecule has 0 bridgehead atoms. The average molecular weight is 626 g/mol. The number of halogens is 6. The zero-order chi connectivity index (χ0) is 32.7. The number of imidazole rings is 1. The Morgan fingerprint density at radius 3 is 1.95 bits per heavy atom. The lowest BCUT2D eigenvalue weighted by Crippen LogP contribution is -2.38. The second-order valence-corrected chi connectivity index (χ2v) is 9.40. The number of fused-ring (bicyclic) bond motifs is 1. The van der Waals surface area contributed by atoms with Gasteiger partial charge in [-0.15, -0.1) is 0 Å². The fourth-order valence-corrected chi connectivity index (χ4v) is 4.20. The quantitative estimate of drug-likeness (QED) is 0.292. The van der Waals surface area contributed by atoms with Crippen molar-refractivity contribution in [2.24, 2.45) is 7.05 Å². The number of carbonyl (C=O) groups excluding carboxylic acids is 1. The van der Waals surface area contributed by atoms with Gasteiger partial charge in [0.05, 0.1) is 23.1 Å². The molecular weight excluding hydrogens is 600 g/mol. The third kappa shape index (κ3) is 8.75. The van der Waals surface area contributed by atoms with Crippen molar-refractivity contribution >= 4 is 28.9 Å². The normalized spacial score (nSPS) is 13.8. The topological polar surface area (TPSA) is 139 Å². The number of nitrogens with zero attached hydrogens (tertiary/aromatic N) is 5. The molecule has 1 amide bonds. The summed E-state index contributed by atoms with van der Waals surface area (Å²) in [6.45, 7) is 1.45. The van der Waals surface area contributed by atoms with Crippen LogP contribution in [0.15, 0.2) is 67.3 Å². The zero-order valence-corrected chi connectivity index (χ0v) is 22.9. The van der Waals surface area contributed by atoms with Gasteiger partial charge in [0.15, 0.2) is 0 Å². The number of rotatable bonds is 3. The molecule has 1 aliphatic heterocycles. The van der Waals surface area contributed by atoms with Crippen LogP contribution in [0.5, 0.6) is 0 Å². The van der Waals surface area contributed by atoms with Crippen LogP contribution in [0.2, 0.25) is 0 Å². The third-order valence-corrected chi connectivity index (χ3v) is 6.37. The number of hydrogen-bond donors (Lipinski definition) is 2. The number of carboxylic acid groups (broad SMARTS) is 2. The van der Waals surface area contributed by atoms with E-state index in [0.717, 1.165) is 53.9 Å². The minimum absolute atomic E-state index is 0.0570. The van der Waals surface area contributed by atoms with Crippen molar-refractivity contribution in [1.29, 1.82) is 0 Å². The maximum absolute atomic E-state index is 12.7. The van der Waals surface area contributed by atoms with Crippen molar-refractivity contribution in [3.63, 3.8) is 0 Å². The molecular formula is C28H25F6N5O5. The number of piperidine rings is 1. The summed E-state index contributed by atoms with van der Waals surface area (Å²) in [6, 6.07) is 16.0. The highest BCUT2D eigenvalue weighted by Crippen LogP contribution is 2.33. The van der Waals surface area contributed by atoms with E-state index < -0.39 is 24.3 Å². The SMILES string of the molecule is Cn1cnc2c(-c3ccccc3)nc(C3CCN(C(=O)c4cccnc4)CC3)cc21.O=C(O)C(F)(F)F.O=C(O)C(F)(F)F. The predicted molar refractivity (Wildman–Crippen MR) is 143 cm³/mol. The average Bonchev–Trinajstić information content (AvgIpc) is 3.37. The number of aromatic nitrogens is 4. The van der Waals surface area contributed by atoms with Gasteiger partial charge in [-0.3, -0.25) is 14.8 Å². The maximum Gasteiger partial charge on any atom is 0.490 e. The highest BCUT2D eigenvalue weighted by molar-refractivity contribution is 5.94. The van der Waals surface area contributed by atoms with E-state index in [1.54, 1.807) is 18.5 Å². The van der Waals surface area contributed by atoms with Gasteiger partial charge in [0.25, 0.3) is 5.91 Å². The first-order valence-corrected chi connectivity index (χ1v) is 12.8. The van der Waals surface area contributed by atoms with Crippen molar-refractivity contribution in [1.82, 2.24) is 24.4 Å². The number of hydrogen-bond acceptors (Lipinski definition) is 6. The van der Waals surface area contributed by atoms with E-state index in [1.807, 2.05) is 47.1 Å². The number of carbonyl (C=O) groups is 3. The molecule has 0 radical (unpaired) electrons. The van der Waals surface area contributed by atoms with Gasteiger partial charge in [0, 0.05) is 49.7 Å². The van der Waals surface area contributed by atoms with Crippen LogP contribution in [0.4, 0.5) is 26.3 Å². The summed E-state index contributed by atoms with van der Waals surface area (Å²) in [5.41, 5.74) is 5.75. The highest BCUT2D eigenvalue weighted by atomic mass is 19.4. The Labute approximate surface area is 245 Å². The molecule has 0 spiro atoms. The molecule has 4 aromatic rings. The number of alkyl halides is 6. The Hall–Kier alpha value is -5.02. The van der Waals surface area contributed by atoms with Crippen LogP contribution < -0.4 is 0 Å². The molecule has 5 rings (SSSR count). The maximum atomic E-state index is 12.7. The molecule has 0 atom stereocenters.